The molecule has 1 fully saturated rings. The van der Waals surface area contributed by atoms with Gasteiger partial charge in [0.25, 0.3) is 0 Å². The van der Waals surface area contributed by atoms with Crippen molar-refractivity contribution in [2.24, 2.45) is 0 Å². The van der Waals surface area contributed by atoms with Crippen molar-refractivity contribution in [1.82, 2.24) is 9.88 Å². The number of morpholine rings is 1. The molecule has 148 valence electrons. The first-order valence-electron chi connectivity index (χ1n) is 8.42. The van der Waals surface area contributed by atoms with E-state index in [1.807, 2.05) is 13.0 Å². The van der Waals surface area contributed by atoms with Crippen LogP contribution in [-0.2, 0) is 19.1 Å². The van der Waals surface area contributed by atoms with Gasteiger partial charge in [0.05, 0.1) is 25.4 Å². The van der Waals surface area contributed by atoms with Crippen molar-refractivity contribution in [3.8, 4) is 0 Å². The molecule has 9 nitrogen and oxygen atoms in total. The Hall–Kier alpha value is -2.78. The highest BCUT2D eigenvalue weighted by molar-refractivity contribution is 5.89. The lowest BCUT2D eigenvalue weighted by molar-refractivity contribution is -0.134. The van der Waals surface area contributed by atoms with Crippen molar-refractivity contribution in [3.63, 3.8) is 0 Å². The number of hydrogen-bond donors (Lipinski definition) is 2. The molecule has 0 amide bonds. The summed E-state index contributed by atoms with van der Waals surface area (Å²) in [6.45, 7) is 6.82. The van der Waals surface area contributed by atoms with Crippen molar-refractivity contribution in [2.45, 2.75) is 13.3 Å². The molecular formula is C18H24N2O7. The molecule has 1 aromatic heterocycles. The predicted octanol–water partition coefficient (Wildman–Crippen LogP) is 0.981. The number of pyridine rings is 1. The number of aryl methyl sites for hydroxylation is 1. The van der Waals surface area contributed by atoms with Crippen LogP contribution < -0.4 is 0 Å². The average Bonchev–Trinajstić information content (AvgIpc) is 2.65. The molecule has 0 aliphatic carbocycles. The smallest absolute Gasteiger partial charge is 0.339 e. The van der Waals surface area contributed by atoms with E-state index in [0.29, 0.717) is 24.3 Å². The van der Waals surface area contributed by atoms with Gasteiger partial charge in [-0.2, -0.15) is 0 Å². The Morgan fingerprint density at radius 3 is 2.33 bits per heavy atom. The number of rotatable bonds is 7. The molecule has 0 aromatic carbocycles. The Morgan fingerprint density at radius 1 is 1.19 bits per heavy atom. The molecule has 1 saturated heterocycles. The minimum atomic E-state index is -1.26. The molecule has 27 heavy (non-hydrogen) atoms. The van der Waals surface area contributed by atoms with Gasteiger partial charge in [-0.25, -0.2) is 14.4 Å². The Bertz CT molecular complexity index is 622. The van der Waals surface area contributed by atoms with Crippen LogP contribution in [0.2, 0.25) is 0 Å². The molecule has 0 saturated carbocycles. The van der Waals surface area contributed by atoms with Gasteiger partial charge in [-0.15, -0.1) is 0 Å². The van der Waals surface area contributed by atoms with Gasteiger partial charge in [-0.05, 0) is 25.5 Å². The monoisotopic (exact) mass is 380 g/mol. The van der Waals surface area contributed by atoms with Crippen LogP contribution in [0.15, 0.2) is 30.5 Å². The molecule has 0 radical (unpaired) electrons. The molecule has 2 N–H and O–H groups in total. The van der Waals surface area contributed by atoms with Gasteiger partial charge in [-0.1, -0.05) is 0 Å². The molecule has 0 spiro atoms. The fraction of sp³-hybridized carbons (Fsp3) is 0.444. The van der Waals surface area contributed by atoms with E-state index in [0.717, 1.165) is 45.0 Å². The molecule has 2 heterocycles. The zero-order valence-corrected chi connectivity index (χ0v) is 15.2. The van der Waals surface area contributed by atoms with Crippen LogP contribution in [0.1, 0.15) is 22.5 Å². The minimum Gasteiger partial charge on any atom is -0.478 e. The highest BCUT2D eigenvalue weighted by Gasteiger charge is 2.11. The van der Waals surface area contributed by atoms with Crippen molar-refractivity contribution in [2.75, 3.05) is 39.5 Å². The second-order valence-corrected chi connectivity index (χ2v) is 5.64. The van der Waals surface area contributed by atoms with Crippen molar-refractivity contribution < 1.29 is 34.1 Å². The molecular weight excluding hydrogens is 356 g/mol. The van der Waals surface area contributed by atoms with Crippen LogP contribution in [0, 0.1) is 6.92 Å². The van der Waals surface area contributed by atoms with Gasteiger partial charge in [0, 0.05) is 43.7 Å². The van der Waals surface area contributed by atoms with E-state index < -0.39 is 11.9 Å². The van der Waals surface area contributed by atoms with Crippen molar-refractivity contribution in [3.05, 3.63) is 41.7 Å². The van der Waals surface area contributed by atoms with Crippen LogP contribution in [0.4, 0.5) is 0 Å². The van der Waals surface area contributed by atoms with E-state index in [2.05, 4.69) is 9.88 Å². The quantitative estimate of drug-likeness (QED) is 0.404. The lowest BCUT2D eigenvalue weighted by Gasteiger charge is -2.26. The summed E-state index contributed by atoms with van der Waals surface area (Å²) < 4.78 is 10.5. The number of carbonyl (C=O) groups excluding carboxylic acids is 1. The number of hydrogen-bond acceptors (Lipinski definition) is 7. The summed E-state index contributed by atoms with van der Waals surface area (Å²) in [5.41, 5.74) is 1.40. The largest absolute Gasteiger partial charge is 0.478 e. The third-order valence-corrected chi connectivity index (χ3v) is 3.47. The third kappa shape index (κ3) is 10.7. The first kappa shape index (κ1) is 22.3. The fourth-order valence-corrected chi connectivity index (χ4v) is 2.09. The van der Waals surface area contributed by atoms with Crippen LogP contribution in [0.3, 0.4) is 0 Å². The number of carboxylic acids is 2. The number of nitrogens with zero attached hydrogens (tertiary/aromatic N) is 2. The molecule has 2 rings (SSSR count). The van der Waals surface area contributed by atoms with Crippen molar-refractivity contribution >= 4 is 17.9 Å². The SMILES string of the molecule is Cc1ccc(C(=O)OCCCN2CCOCC2)cn1.O=C(O)/C=C\C(=O)O. The van der Waals surface area contributed by atoms with E-state index in [1.165, 1.54) is 0 Å². The zero-order valence-electron chi connectivity index (χ0n) is 15.2. The molecule has 1 aromatic rings. The Kier molecular flexibility index (Phi) is 10.4. The van der Waals surface area contributed by atoms with Crippen LogP contribution >= 0.6 is 0 Å². The second kappa shape index (κ2) is 12.6. The number of ether oxygens (including phenoxy) is 2. The maximum Gasteiger partial charge on any atom is 0.339 e. The number of esters is 1. The average molecular weight is 380 g/mol. The van der Waals surface area contributed by atoms with Crippen LogP contribution in [0.5, 0.6) is 0 Å². The molecule has 1 aliphatic heterocycles. The Balaban J connectivity index is 0.000000387. The minimum absolute atomic E-state index is 0.297. The number of carboxylic acid groups (broad SMARTS) is 2. The summed E-state index contributed by atoms with van der Waals surface area (Å²) in [4.78, 5) is 37.2. The standard InChI is InChI=1S/C14H20N2O3.C4H4O4/c1-12-3-4-13(11-15-12)14(17)19-8-2-5-16-6-9-18-10-7-16;5-3(6)1-2-4(7)8/h3-4,11H,2,5-10H2,1H3;1-2H,(H,5,6)(H,7,8)/b;2-1-. The predicted molar refractivity (Wildman–Crippen MR) is 95.5 cm³/mol. The lowest BCUT2D eigenvalue weighted by Crippen LogP contribution is -2.37. The van der Waals surface area contributed by atoms with E-state index >= 15 is 0 Å². The Labute approximate surface area is 157 Å². The third-order valence-electron chi connectivity index (χ3n) is 3.47. The molecule has 1 aliphatic rings. The normalized spacial score (nSPS) is 14.3. The van der Waals surface area contributed by atoms with Gasteiger partial charge in [0.2, 0.25) is 0 Å². The van der Waals surface area contributed by atoms with Gasteiger partial charge < -0.3 is 19.7 Å². The Morgan fingerprint density at radius 2 is 1.81 bits per heavy atom. The summed E-state index contributed by atoms with van der Waals surface area (Å²) >= 11 is 0. The number of aromatic nitrogens is 1. The maximum absolute atomic E-state index is 11.7. The first-order valence-corrected chi connectivity index (χ1v) is 8.42. The molecule has 0 atom stereocenters. The summed E-state index contributed by atoms with van der Waals surface area (Å²) in [6, 6.07) is 3.55. The highest BCUT2D eigenvalue weighted by Crippen LogP contribution is 2.03. The number of carbonyl (C=O) groups is 3. The van der Waals surface area contributed by atoms with Gasteiger partial charge in [0.15, 0.2) is 0 Å². The molecule has 0 bridgehead atoms. The topological polar surface area (TPSA) is 126 Å². The van der Waals surface area contributed by atoms with Crippen LogP contribution in [0.25, 0.3) is 0 Å². The summed E-state index contributed by atoms with van der Waals surface area (Å²) in [5, 5.41) is 15.6. The molecule has 0 unspecified atom stereocenters. The number of aliphatic carboxylic acids is 2. The van der Waals surface area contributed by atoms with E-state index in [4.69, 9.17) is 19.7 Å². The van der Waals surface area contributed by atoms with Gasteiger partial charge in [-0.3, -0.25) is 9.88 Å². The van der Waals surface area contributed by atoms with Crippen molar-refractivity contribution in [1.29, 1.82) is 0 Å². The van der Waals surface area contributed by atoms with E-state index in [9.17, 15) is 14.4 Å². The summed E-state index contributed by atoms with van der Waals surface area (Å²) in [5.74, 6) is -2.81. The first-order chi connectivity index (χ1) is 12.9. The molecule has 9 heteroatoms. The highest BCUT2D eigenvalue weighted by atomic mass is 16.5. The van der Waals surface area contributed by atoms with Crippen LogP contribution in [-0.4, -0.2) is 77.5 Å². The summed E-state index contributed by atoms with van der Waals surface area (Å²) in [6.07, 6.45) is 3.52. The summed E-state index contributed by atoms with van der Waals surface area (Å²) in [7, 11) is 0. The zero-order chi connectivity index (χ0) is 20.1. The van der Waals surface area contributed by atoms with E-state index in [1.54, 1.807) is 12.3 Å². The van der Waals surface area contributed by atoms with Gasteiger partial charge >= 0.3 is 17.9 Å². The maximum atomic E-state index is 11.7. The van der Waals surface area contributed by atoms with Gasteiger partial charge in [0.1, 0.15) is 0 Å². The second-order valence-electron chi connectivity index (χ2n) is 5.64. The fourth-order valence-electron chi connectivity index (χ4n) is 2.09. The van der Waals surface area contributed by atoms with E-state index in [-0.39, 0.29) is 5.97 Å². The lowest BCUT2D eigenvalue weighted by atomic mass is 10.2.